The van der Waals surface area contributed by atoms with Crippen LogP contribution in [0.1, 0.15) is 0 Å². The van der Waals surface area contributed by atoms with Crippen LogP contribution in [0, 0.1) is 0 Å². The highest BCUT2D eigenvalue weighted by Crippen LogP contribution is 2.44. The van der Waals surface area contributed by atoms with Gasteiger partial charge in [0.25, 0.3) is 0 Å². The molecule has 0 aliphatic carbocycles. The van der Waals surface area contributed by atoms with Crippen LogP contribution in [0.3, 0.4) is 0 Å². The van der Waals surface area contributed by atoms with Crippen LogP contribution < -0.4 is 10.5 Å². The number of thioether (sulfide) groups is 1. The van der Waals surface area contributed by atoms with Crippen molar-refractivity contribution in [1.82, 2.24) is 0 Å². The molecule has 0 atom stereocenters. The SMILES string of the molecule is Nc1cc(Br)c(OC(F)(F)F)cc1SC(F)(F)F. The number of halogens is 7. The minimum atomic E-state index is -5.00. The molecule has 102 valence electrons. The van der Waals surface area contributed by atoms with Gasteiger partial charge in [0.05, 0.1) is 4.47 Å². The van der Waals surface area contributed by atoms with Crippen molar-refractivity contribution in [3.8, 4) is 5.75 Å². The van der Waals surface area contributed by atoms with E-state index in [0.717, 1.165) is 6.07 Å². The maximum Gasteiger partial charge on any atom is 0.573 e. The number of nitrogens with two attached hydrogens (primary N) is 1. The second-order valence-corrected chi connectivity index (χ2v) is 4.88. The number of ether oxygens (including phenoxy) is 1. The maximum absolute atomic E-state index is 12.1. The van der Waals surface area contributed by atoms with Crippen LogP contribution in [-0.2, 0) is 0 Å². The number of hydrogen-bond donors (Lipinski definition) is 1. The fourth-order valence-corrected chi connectivity index (χ4v) is 2.00. The Bertz CT molecular complexity index is 409. The fraction of sp³-hybridized carbons (Fsp3) is 0.250. The van der Waals surface area contributed by atoms with Gasteiger partial charge in [-0.25, -0.2) is 0 Å². The standard InChI is InChI=1S/C8H4BrF6NOS/c9-3-1-4(16)6(18-8(13,14)15)2-5(3)17-7(10,11)12/h1-2H,16H2. The van der Waals surface area contributed by atoms with E-state index in [0.29, 0.717) is 6.07 Å². The van der Waals surface area contributed by atoms with Gasteiger partial charge >= 0.3 is 11.9 Å². The zero-order valence-electron chi connectivity index (χ0n) is 8.19. The van der Waals surface area contributed by atoms with E-state index in [-0.39, 0.29) is 10.2 Å². The van der Waals surface area contributed by atoms with E-state index in [4.69, 9.17) is 5.73 Å². The first-order valence-electron chi connectivity index (χ1n) is 4.08. The van der Waals surface area contributed by atoms with E-state index in [9.17, 15) is 26.3 Å². The van der Waals surface area contributed by atoms with Crippen molar-refractivity contribution in [2.24, 2.45) is 0 Å². The van der Waals surface area contributed by atoms with Crippen molar-refractivity contribution < 1.29 is 31.1 Å². The van der Waals surface area contributed by atoms with Gasteiger partial charge in [-0.15, -0.1) is 13.2 Å². The molecule has 1 aromatic rings. The van der Waals surface area contributed by atoms with Gasteiger partial charge in [0.2, 0.25) is 0 Å². The highest BCUT2D eigenvalue weighted by molar-refractivity contribution is 9.10. The van der Waals surface area contributed by atoms with Crippen molar-refractivity contribution >= 4 is 33.4 Å². The summed E-state index contributed by atoms with van der Waals surface area (Å²) in [5, 5.41) is 0. The third kappa shape index (κ3) is 4.84. The fourth-order valence-electron chi connectivity index (χ4n) is 0.966. The van der Waals surface area contributed by atoms with Crippen molar-refractivity contribution in [3.63, 3.8) is 0 Å². The molecule has 1 rings (SSSR count). The van der Waals surface area contributed by atoms with Gasteiger partial charge in [-0.2, -0.15) is 13.2 Å². The van der Waals surface area contributed by atoms with E-state index in [1.54, 1.807) is 0 Å². The average molecular weight is 356 g/mol. The van der Waals surface area contributed by atoms with Crippen molar-refractivity contribution in [2.75, 3.05) is 5.73 Å². The Balaban J connectivity index is 3.10. The van der Waals surface area contributed by atoms with E-state index >= 15 is 0 Å². The molecular weight excluding hydrogens is 352 g/mol. The van der Waals surface area contributed by atoms with Crippen molar-refractivity contribution in [1.29, 1.82) is 0 Å². The van der Waals surface area contributed by atoms with Gasteiger partial charge < -0.3 is 10.5 Å². The Hall–Kier alpha value is -0.770. The smallest absolute Gasteiger partial charge is 0.405 e. The zero-order chi connectivity index (χ0) is 14.1. The molecule has 0 saturated carbocycles. The number of hydrogen-bond acceptors (Lipinski definition) is 3. The summed E-state index contributed by atoms with van der Waals surface area (Å²) >= 11 is 2.10. The molecule has 0 aromatic heterocycles. The first-order valence-corrected chi connectivity index (χ1v) is 5.69. The molecule has 10 heteroatoms. The van der Waals surface area contributed by atoms with Crippen LogP contribution in [0.5, 0.6) is 5.75 Å². The summed E-state index contributed by atoms with van der Waals surface area (Å²) in [5.74, 6) is -0.788. The van der Waals surface area contributed by atoms with Crippen LogP contribution in [0.15, 0.2) is 21.5 Å². The van der Waals surface area contributed by atoms with Crippen molar-refractivity contribution in [3.05, 3.63) is 16.6 Å². The lowest BCUT2D eigenvalue weighted by Gasteiger charge is -2.14. The molecule has 0 amide bonds. The lowest BCUT2D eigenvalue weighted by molar-refractivity contribution is -0.275. The molecule has 0 unspecified atom stereocenters. The van der Waals surface area contributed by atoms with Crippen molar-refractivity contribution in [2.45, 2.75) is 16.8 Å². The third-order valence-electron chi connectivity index (χ3n) is 1.52. The van der Waals surface area contributed by atoms with Gasteiger partial charge in [-0.3, -0.25) is 0 Å². The van der Waals surface area contributed by atoms with Crippen LogP contribution in [0.4, 0.5) is 32.0 Å². The van der Waals surface area contributed by atoms with Crippen LogP contribution in [0.2, 0.25) is 0 Å². The van der Waals surface area contributed by atoms with E-state index in [1.807, 2.05) is 0 Å². The number of nitrogen functional groups attached to an aromatic ring is 1. The second-order valence-electron chi connectivity index (χ2n) is 2.92. The van der Waals surface area contributed by atoms with Crippen LogP contribution >= 0.6 is 27.7 Å². The summed E-state index contributed by atoms with van der Waals surface area (Å²) < 4.78 is 75.7. The topological polar surface area (TPSA) is 35.2 Å². The Morgan fingerprint density at radius 3 is 2.11 bits per heavy atom. The maximum atomic E-state index is 12.1. The predicted octanol–water partition coefficient (Wildman–Crippen LogP) is 4.54. The van der Waals surface area contributed by atoms with E-state index in [2.05, 4.69) is 20.7 Å². The summed E-state index contributed by atoms with van der Waals surface area (Å²) in [6, 6.07) is 1.49. The largest absolute Gasteiger partial charge is 0.573 e. The third-order valence-corrected chi connectivity index (χ3v) is 2.94. The van der Waals surface area contributed by atoms with Gasteiger partial charge in [0.1, 0.15) is 5.75 Å². The molecule has 0 aliphatic rings. The molecule has 0 bridgehead atoms. The van der Waals surface area contributed by atoms with Gasteiger partial charge in [0, 0.05) is 10.6 Å². The molecule has 0 spiro atoms. The first kappa shape index (κ1) is 15.3. The van der Waals surface area contributed by atoms with Gasteiger partial charge in [0.15, 0.2) is 0 Å². The second kappa shape index (κ2) is 5.08. The summed E-state index contributed by atoms with van der Waals surface area (Å²) in [6.07, 6.45) is -5.00. The molecule has 2 nitrogen and oxygen atoms in total. The molecule has 0 saturated heterocycles. The Kier molecular flexibility index (Phi) is 4.31. The minimum Gasteiger partial charge on any atom is -0.405 e. The number of rotatable bonds is 2. The molecule has 1 aromatic carbocycles. The Morgan fingerprint density at radius 1 is 1.11 bits per heavy atom. The van der Waals surface area contributed by atoms with Crippen LogP contribution in [0.25, 0.3) is 0 Å². The monoisotopic (exact) mass is 355 g/mol. The summed E-state index contributed by atoms with van der Waals surface area (Å²) in [5.41, 5.74) is 0.312. The zero-order valence-corrected chi connectivity index (χ0v) is 10.6. The predicted molar refractivity (Wildman–Crippen MR) is 57.1 cm³/mol. The molecule has 18 heavy (non-hydrogen) atoms. The van der Waals surface area contributed by atoms with Gasteiger partial charge in [-0.05, 0) is 39.8 Å². The lowest BCUT2D eigenvalue weighted by atomic mass is 10.3. The summed E-state index contributed by atoms with van der Waals surface area (Å²) in [4.78, 5) is -0.565. The molecule has 0 radical (unpaired) electrons. The Labute approximate surface area is 110 Å². The normalized spacial score (nSPS) is 12.6. The number of benzene rings is 1. The highest BCUT2D eigenvalue weighted by atomic mass is 79.9. The lowest BCUT2D eigenvalue weighted by Crippen LogP contribution is -2.17. The molecule has 0 fully saturated rings. The molecular formula is C8H4BrF6NOS. The summed E-state index contributed by atoms with van der Waals surface area (Å²) in [7, 11) is 0. The number of alkyl halides is 6. The Morgan fingerprint density at radius 2 is 1.67 bits per heavy atom. The first-order chi connectivity index (χ1) is 7.98. The summed E-state index contributed by atoms with van der Waals surface area (Å²) in [6.45, 7) is 0. The van der Waals surface area contributed by atoms with E-state index in [1.165, 1.54) is 0 Å². The van der Waals surface area contributed by atoms with Gasteiger partial charge in [-0.1, -0.05) is 0 Å². The molecule has 0 heterocycles. The quantitative estimate of drug-likeness (QED) is 0.480. The molecule has 2 N–H and O–H groups in total. The van der Waals surface area contributed by atoms with E-state index < -0.39 is 34.3 Å². The molecule has 0 aliphatic heterocycles. The average Bonchev–Trinajstić information content (AvgIpc) is 2.08. The highest BCUT2D eigenvalue weighted by Gasteiger charge is 2.34. The number of anilines is 1. The minimum absolute atomic E-state index is 0.191. The van der Waals surface area contributed by atoms with Crippen LogP contribution in [-0.4, -0.2) is 11.9 Å².